The van der Waals surface area contributed by atoms with Gasteiger partial charge >= 0.3 is 5.97 Å². The topological polar surface area (TPSA) is 66.8 Å². The third-order valence-corrected chi connectivity index (χ3v) is 3.95. The first-order valence-corrected chi connectivity index (χ1v) is 7.67. The molecule has 1 atom stereocenters. The Kier molecular flexibility index (Phi) is 5.95. The molecule has 5 heteroatoms. The van der Waals surface area contributed by atoms with Crippen LogP contribution in [-0.2, 0) is 22.4 Å². The fourth-order valence-corrected chi connectivity index (χ4v) is 2.54. The second-order valence-corrected chi connectivity index (χ2v) is 5.54. The average Bonchev–Trinajstić information content (AvgIpc) is 2.60. The maximum atomic E-state index is 12.5. The Morgan fingerprint density at radius 3 is 2.33 bits per heavy atom. The maximum Gasteiger partial charge on any atom is 0.326 e. The molecule has 0 aromatic heterocycles. The van der Waals surface area contributed by atoms with Crippen LogP contribution in [0.3, 0.4) is 0 Å². The first-order valence-electron chi connectivity index (χ1n) is 7.67. The van der Waals surface area contributed by atoms with E-state index in [2.05, 4.69) is 0 Å². The molecule has 0 radical (unpaired) electrons. The van der Waals surface area contributed by atoms with E-state index in [0.29, 0.717) is 5.75 Å². The number of para-hydroxylation sites is 1. The normalized spacial score (nSPS) is 11.6. The Morgan fingerprint density at radius 1 is 1.08 bits per heavy atom. The Labute approximate surface area is 141 Å². The Bertz CT molecular complexity index is 700. The van der Waals surface area contributed by atoms with Gasteiger partial charge in [-0.25, -0.2) is 4.79 Å². The number of benzene rings is 2. The van der Waals surface area contributed by atoms with Gasteiger partial charge in [0, 0.05) is 19.0 Å². The summed E-state index contributed by atoms with van der Waals surface area (Å²) in [6, 6.07) is 15.6. The number of aliphatic carboxylic acids is 1. The van der Waals surface area contributed by atoms with Crippen LogP contribution in [0.25, 0.3) is 0 Å². The van der Waals surface area contributed by atoms with Gasteiger partial charge in [0.05, 0.1) is 13.5 Å². The van der Waals surface area contributed by atoms with Crippen LogP contribution in [0.2, 0.25) is 0 Å². The van der Waals surface area contributed by atoms with Gasteiger partial charge in [-0.05, 0) is 11.6 Å². The third kappa shape index (κ3) is 4.35. The van der Waals surface area contributed by atoms with Gasteiger partial charge in [-0.1, -0.05) is 48.5 Å². The fraction of sp³-hybridized carbons (Fsp3) is 0.263. The number of hydrogen-bond acceptors (Lipinski definition) is 3. The van der Waals surface area contributed by atoms with E-state index in [1.165, 1.54) is 11.9 Å². The zero-order chi connectivity index (χ0) is 17.5. The van der Waals surface area contributed by atoms with Crippen molar-refractivity contribution >= 4 is 11.9 Å². The molecule has 126 valence electrons. The van der Waals surface area contributed by atoms with E-state index in [9.17, 15) is 14.7 Å². The lowest BCUT2D eigenvalue weighted by Gasteiger charge is -2.25. The number of carboxylic acids is 1. The molecule has 0 bridgehead atoms. The second-order valence-electron chi connectivity index (χ2n) is 5.54. The summed E-state index contributed by atoms with van der Waals surface area (Å²) in [7, 11) is 3.07. The van der Waals surface area contributed by atoms with Crippen LogP contribution in [0.4, 0.5) is 0 Å². The van der Waals surface area contributed by atoms with Crippen molar-refractivity contribution < 1.29 is 19.4 Å². The van der Waals surface area contributed by atoms with Crippen LogP contribution in [-0.4, -0.2) is 42.1 Å². The number of amides is 1. The van der Waals surface area contributed by atoms with E-state index in [1.54, 1.807) is 19.2 Å². The number of carbonyl (C=O) groups excluding carboxylic acids is 1. The number of nitrogens with zero attached hydrogens (tertiary/aromatic N) is 1. The van der Waals surface area contributed by atoms with E-state index in [1.807, 2.05) is 42.5 Å². The van der Waals surface area contributed by atoms with Crippen molar-refractivity contribution in [3.63, 3.8) is 0 Å². The first kappa shape index (κ1) is 17.5. The lowest BCUT2D eigenvalue weighted by molar-refractivity contribution is -0.148. The number of ether oxygens (including phenoxy) is 1. The highest BCUT2D eigenvalue weighted by atomic mass is 16.5. The minimum Gasteiger partial charge on any atom is -0.496 e. The van der Waals surface area contributed by atoms with E-state index in [0.717, 1.165) is 11.1 Å². The standard InChI is InChI=1S/C19H21NO4/c1-20(16(19(22)23)12-14-8-4-3-5-9-14)18(21)13-15-10-6-7-11-17(15)24-2/h3-11,16H,12-13H2,1-2H3,(H,22,23). The number of methoxy groups -OCH3 is 1. The van der Waals surface area contributed by atoms with Gasteiger partial charge < -0.3 is 14.7 Å². The summed E-state index contributed by atoms with van der Waals surface area (Å²) in [6.07, 6.45) is 0.365. The van der Waals surface area contributed by atoms with Crippen molar-refractivity contribution in [3.8, 4) is 5.75 Å². The SMILES string of the molecule is COc1ccccc1CC(=O)N(C)C(Cc1ccccc1)C(=O)O. The molecule has 2 aromatic rings. The molecule has 0 aliphatic carbocycles. The molecule has 1 amide bonds. The maximum absolute atomic E-state index is 12.5. The van der Waals surface area contributed by atoms with Gasteiger partial charge in [0.25, 0.3) is 0 Å². The van der Waals surface area contributed by atoms with Crippen molar-refractivity contribution in [1.29, 1.82) is 0 Å². The molecule has 0 aliphatic rings. The van der Waals surface area contributed by atoms with Crippen molar-refractivity contribution in [3.05, 3.63) is 65.7 Å². The van der Waals surface area contributed by atoms with Crippen LogP contribution in [0, 0.1) is 0 Å². The summed E-state index contributed by atoms with van der Waals surface area (Å²) >= 11 is 0. The molecule has 0 saturated carbocycles. The molecule has 0 saturated heterocycles. The summed E-state index contributed by atoms with van der Waals surface area (Å²) in [5.41, 5.74) is 1.61. The second kappa shape index (κ2) is 8.15. The predicted molar refractivity (Wildman–Crippen MR) is 91.0 cm³/mol. The van der Waals surface area contributed by atoms with Crippen LogP contribution in [0.1, 0.15) is 11.1 Å². The highest BCUT2D eigenvalue weighted by Crippen LogP contribution is 2.19. The van der Waals surface area contributed by atoms with E-state index < -0.39 is 12.0 Å². The summed E-state index contributed by atoms with van der Waals surface area (Å²) in [4.78, 5) is 25.4. The molecule has 0 aliphatic heterocycles. The molecule has 1 unspecified atom stereocenters. The predicted octanol–water partition coefficient (Wildman–Crippen LogP) is 2.39. The molecule has 0 heterocycles. The minimum atomic E-state index is -1.02. The highest BCUT2D eigenvalue weighted by Gasteiger charge is 2.27. The number of likely N-dealkylation sites (N-methyl/N-ethyl adjacent to an activating group) is 1. The van der Waals surface area contributed by atoms with Gasteiger partial charge in [-0.3, -0.25) is 4.79 Å². The number of rotatable bonds is 7. The van der Waals surface area contributed by atoms with Crippen molar-refractivity contribution in [2.45, 2.75) is 18.9 Å². The van der Waals surface area contributed by atoms with Crippen LogP contribution in [0.5, 0.6) is 5.75 Å². The lowest BCUT2D eigenvalue weighted by atomic mass is 10.0. The van der Waals surface area contributed by atoms with Crippen molar-refractivity contribution in [1.82, 2.24) is 4.90 Å². The van der Waals surface area contributed by atoms with E-state index >= 15 is 0 Å². The highest BCUT2D eigenvalue weighted by molar-refractivity contribution is 5.85. The summed E-state index contributed by atoms with van der Waals surface area (Å²) in [6.45, 7) is 0. The molecule has 0 spiro atoms. The van der Waals surface area contributed by atoms with Gasteiger partial charge in [-0.2, -0.15) is 0 Å². The van der Waals surface area contributed by atoms with Crippen molar-refractivity contribution in [2.75, 3.05) is 14.2 Å². The average molecular weight is 327 g/mol. The number of hydrogen-bond donors (Lipinski definition) is 1. The molecule has 24 heavy (non-hydrogen) atoms. The number of carbonyl (C=O) groups is 2. The molecular formula is C19H21NO4. The van der Waals surface area contributed by atoms with Gasteiger partial charge in [-0.15, -0.1) is 0 Å². The summed E-state index contributed by atoms with van der Waals surface area (Å²) < 4.78 is 5.24. The van der Waals surface area contributed by atoms with Gasteiger partial charge in [0.1, 0.15) is 11.8 Å². The summed E-state index contributed by atoms with van der Waals surface area (Å²) in [5, 5.41) is 9.50. The Balaban J connectivity index is 2.12. The Morgan fingerprint density at radius 2 is 1.71 bits per heavy atom. The van der Waals surface area contributed by atoms with Crippen LogP contribution < -0.4 is 4.74 Å². The quantitative estimate of drug-likeness (QED) is 0.848. The molecule has 5 nitrogen and oxygen atoms in total. The molecule has 2 aromatic carbocycles. The van der Waals surface area contributed by atoms with Crippen LogP contribution >= 0.6 is 0 Å². The van der Waals surface area contributed by atoms with Gasteiger partial charge in [0.2, 0.25) is 5.91 Å². The third-order valence-electron chi connectivity index (χ3n) is 3.95. The minimum absolute atomic E-state index is 0.0963. The zero-order valence-corrected chi connectivity index (χ0v) is 13.8. The van der Waals surface area contributed by atoms with E-state index in [-0.39, 0.29) is 18.7 Å². The fourth-order valence-electron chi connectivity index (χ4n) is 2.54. The first-order chi connectivity index (χ1) is 11.5. The van der Waals surface area contributed by atoms with Crippen molar-refractivity contribution in [2.24, 2.45) is 0 Å². The molecular weight excluding hydrogens is 306 g/mol. The summed E-state index contributed by atoms with van der Waals surface area (Å²) in [5.74, 6) is -0.660. The molecule has 1 N–H and O–H groups in total. The number of carboxylic acid groups (broad SMARTS) is 1. The lowest BCUT2D eigenvalue weighted by Crippen LogP contribution is -2.44. The largest absolute Gasteiger partial charge is 0.496 e. The zero-order valence-electron chi connectivity index (χ0n) is 13.8. The monoisotopic (exact) mass is 327 g/mol. The molecule has 0 fully saturated rings. The van der Waals surface area contributed by atoms with Gasteiger partial charge in [0.15, 0.2) is 0 Å². The molecule has 2 rings (SSSR count). The van der Waals surface area contributed by atoms with Crippen LogP contribution in [0.15, 0.2) is 54.6 Å². The smallest absolute Gasteiger partial charge is 0.326 e. The van der Waals surface area contributed by atoms with E-state index in [4.69, 9.17) is 4.74 Å². The Hall–Kier alpha value is -2.82.